The smallest absolute Gasteiger partial charge is 0.297 e. The van der Waals surface area contributed by atoms with E-state index in [1.54, 1.807) is 21.9 Å². The number of carbonyl (C=O) groups excluding carboxylic acids is 2. The lowest BCUT2D eigenvalue weighted by atomic mass is 10.0. The Morgan fingerprint density at radius 2 is 2.03 bits per heavy atom. The molecule has 0 bridgehead atoms. The summed E-state index contributed by atoms with van der Waals surface area (Å²) in [5.41, 5.74) is -0.251. The van der Waals surface area contributed by atoms with Crippen molar-refractivity contribution >= 4 is 35.1 Å². The van der Waals surface area contributed by atoms with Gasteiger partial charge in [-0.25, -0.2) is 4.98 Å². The van der Waals surface area contributed by atoms with Crippen LogP contribution in [-0.4, -0.2) is 56.2 Å². The Balaban J connectivity index is 1.79. The number of aromatic nitrogens is 3. The first-order valence-corrected chi connectivity index (χ1v) is 10.4. The van der Waals surface area contributed by atoms with Gasteiger partial charge in [0.1, 0.15) is 12.0 Å². The van der Waals surface area contributed by atoms with Crippen LogP contribution in [0.5, 0.6) is 5.75 Å². The lowest BCUT2D eigenvalue weighted by Crippen LogP contribution is -2.51. The molecule has 1 atom stereocenters. The number of benzene rings is 1. The molecule has 33 heavy (non-hydrogen) atoms. The van der Waals surface area contributed by atoms with Gasteiger partial charge in [-0.05, 0) is 11.6 Å². The van der Waals surface area contributed by atoms with Crippen LogP contribution in [0.1, 0.15) is 29.0 Å². The van der Waals surface area contributed by atoms with Crippen molar-refractivity contribution < 1.29 is 19.2 Å². The van der Waals surface area contributed by atoms with Crippen LogP contribution in [0.3, 0.4) is 0 Å². The first kappa shape index (κ1) is 22.3. The van der Waals surface area contributed by atoms with Gasteiger partial charge in [-0.1, -0.05) is 35.0 Å². The van der Waals surface area contributed by atoms with Gasteiger partial charge in [0.25, 0.3) is 11.5 Å². The van der Waals surface area contributed by atoms with Gasteiger partial charge in [-0.3, -0.25) is 19.0 Å². The second-order valence-electron chi connectivity index (χ2n) is 7.54. The molecule has 2 N–H and O–H groups in total. The molecule has 11 nitrogen and oxygen atoms in total. The Hall–Kier alpha value is -3.86. The van der Waals surface area contributed by atoms with Crippen molar-refractivity contribution in [2.45, 2.75) is 13.0 Å². The van der Waals surface area contributed by atoms with Crippen LogP contribution >= 0.6 is 11.6 Å². The van der Waals surface area contributed by atoms with E-state index in [9.17, 15) is 19.5 Å². The summed E-state index contributed by atoms with van der Waals surface area (Å²) in [7, 11) is 1.45. The van der Waals surface area contributed by atoms with E-state index < -0.39 is 29.0 Å². The highest BCUT2D eigenvalue weighted by Crippen LogP contribution is 2.33. The van der Waals surface area contributed by atoms with E-state index in [1.165, 1.54) is 31.0 Å². The second kappa shape index (κ2) is 8.94. The maximum Gasteiger partial charge on any atom is 0.297 e. The molecule has 3 heterocycles. The van der Waals surface area contributed by atoms with Crippen molar-refractivity contribution in [2.24, 2.45) is 7.05 Å². The zero-order valence-electron chi connectivity index (χ0n) is 17.9. The fourth-order valence-electron chi connectivity index (χ4n) is 3.77. The number of amides is 2. The van der Waals surface area contributed by atoms with Crippen molar-refractivity contribution in [3.63, 3.8) is 0 Å². The third-order valence-corrected chi connectivity index (χ3v) is 5.84. The van der Waals surface area contributed by atoms with E-state index in [1.807, 2.05) is 12.1 Å². The highest BCUT2D eigenvalue weighted by molar-refractivity contribution is 6.31. The van der Waals surface area contributed by atoms with Crippen molar-refractivity contribution in [1.29, 1.82) is 0 Å². The quantitative estimate of drug-likeness (QED) is 0.587. The highest BCUT2D eigenvalue weighted by Gasteiger charge is 2.34. The molecule has 1 aliphatic heterocycles. The van der Waals surface area contributed by atoms with Crippen LogP contribution in [0.15, 0.2) is 46.0 Å². The van der Waals surface area contributed by atoms with Crippen LogP contribution in [0, 0.1) is 0 Å². The molecule has 0 aliphatic carbocycles. The lowest BCUT2D eigenvalue weighted by Gasteiger charge is -2.42. The minimum atomic E-state index is -0.800. The molecule has 3 aromatic rings. The van der Waals surface area contributed by atoms with Crippen molar-refractivity contribution in [3.8, 4) is 5.75 Å². The van der Waals surface area contributed by atoms with E-state index in [2.05, 4.69) is 20.0 Å². The molecule has 0 unspecified atom stereocenters. The topological polar surface area (TPSA) is 134 Å². The third-order valence-electron chi connectivity index (χ3n) is 5.50. The van der Waals surface area contributed by atoms with Crippen molar-refractivity contribution in [2.75, 3.05) is 29.9 Å². The Morgan fingerprint density at radius 3 is 2.70 bits per heavy atom. The molecule has 0 saturated carbocycles. The standard InChI is InChI=1S/C21H21ClN6O5/c1-12(29)27-7-8-28(16(10-27)14-5-3-4-6-15(14)22)21-25-17(18(30)20(32)26(21)2)19(31)24-13-9-23-33-11-13/h3-6,9,11,16,30H,7-8,10H2,1-2H3,(H,24,31)/t16-/m0/s1. The molecule has 2 amide bonds. The van der Waals surface area contributed by atoms with Gasteiger partial charge in [0.05, 0.1) is 12.2 Å². The Labute approximate surface area is 193 Å². The van der Waals surface area contributed by atoms with E-state index in [0.29, 0.717) is 24.7 Å². The first-order chi connectivity index (χ1) is 15.8. The summed E-state index contributed by atoms with van der Waals surface area (Å²) < 4.78 is 5.85. The van der Waals surface area contributed by atoms with E-state index in [4.69, 9.17) is 11.6 Å². The van der Waals surface area contributed by atoms with Gasteiger partial charge in [-0.2, -0.15) is 0 Å². The number of hydrogen-bond donors (Lipinski definition) is 2. The lowest BCUT2D eigenvalue weighted by molar-refractivity contribution is -0.129. The summed E-state index contributed by atoms with van der Waals surface area (Å²) in [6.07, 6.45) is 2.47. The minimum Gasteiger partial charge on any atom is -0.501 e. The van der Waals surface area contributed by atoms with Crippen LogP contribution < -0.4 is 15.8 Å². The fraction of sp³-hybridized carbons (Fsp3) is 0.286. The van der Waals surface area contributed by atoms with Crippen LogP contribution in [0.25, 0.3) is 0 Å². The summed E-state index contributed by atoms with van der Waals surface area (Å²) >= 11 is 6.46. The number of rotatable bonds is 4. The molecule has 1 fully saturated rings. The summed E-state index contributed by atoms with van der Waals surface area (Å²) in [5.74, 6) is -1.52. The molecular formula is C21H21ClN6O5. The number of piperazine rings is 1. The first-order valence-electron chi connectivity index (χ1n) is 10.0. The number of halogens is 1. The normalized spacial score (nSPS) is 16.0. The van der Waals surface area contributed by atoms with E-state index in [-0.39, 0.29) is 17.5 Å². The third kappa shape index (κ3) is 4.27. The number of hydrogen-bond acceptors (Lipinski definition) is 8. The molecule has 172 valence electrons. The van der Waals surface area contributed by atoms with Crippen LogP contribution in [0.2, 0.25) is 5.02 Å². The number of anilines is 2. The van der Waals surface area contributed by atoms with Crippen LogP contribution in [0.4, 0.5) is 11.6 Å². The largest absolute Gasteiger partial charge is 0.501 e. The summed E-state index contributed by atoms with van der Waals surface area (Å²) in [5, 5.41) is 16.8. The van der Waals surface area contributed by atoms with Gasteiger partial charge >= 0.3 is 0 Å². The number of nitrogens with zero attached hydrogens (tertiary/aromatic N) is 5. The SMILES string of the molecule is CC(=O)N1CCN(c2nc(C(=O)Nc3cnoc3)c(O)c(=O)n2C)[C@H](c2ccccc2Cl)C1. The predicted molar refractivity (Wildman–Crippen MR) is 119 cm³/mol. The Morgan fingerprint density at radius 1 is 1.27 bits per heavy atom. The molecule has 2 aromatic heterocycles. The predicted octanol–water partition coefficient (Wildman–Crippen LogP) is 1.79. The Kier molecular flexibility index (Phi) is 6.05. The molecule has 4 rings (SSSR count). The zero-order chi connectivity index (χ0) is 23.7. The molecule has 0 radical (unpaired) electrons. The number of aromatic hydroxyl groups is 1. The molecular weight excluding hydrogens is 452 g/mol. The molecule has 12 heteroatoms. The van der Waals surface area contributed by atoms with Crippen molar-refractivity contribution in [1.82, 2.24) is 19.6 Å². The molecule has 1 aliphatic rings. The second-order valence-corrected chi connectivity index (χ2v) is 7.94. The van der Waals surface area contributed by atoms with Gasteiger partial charge in [-0.15, -0.1) is 0 Å². The number of nitrogens with one attached hydrogen (secondary N) is 1. The van der Waals surface area contributed by atoms with Gasteiger partial charge < -0.3 is 24.7 Å². The van der Waals surface area contributed by atoms with E-state index >= 15 is 0 Å². The van der Waals surface area contributed by atoms with Crippen LogP contribution in [-0.2, 0) is 11.8 Å². The summed E-state index contributed by atoms with van der Waals surface area (Å²) in [4.78, 5) is 45.4. The average Bonchev–Trinajstić information content (AvgIpc) is 3.31. The fourth-order valence-corrected chi connectivity index (χ4v) is 4.03. The maximum atomic E-state index is 12.8. The zero-order valence-corrected chi connectivity index (χ0v) is 18.6. The van der Waals surface area contributed by atoms with Crippen molar-refractivity contribution in [3.05, 3.63) is 63.4 Å². The number of carbonyl (C=O) groups is 2. The van der Waals surface area contributed by atoms with Gasteiger partial charge in [0.15, 0.2) is 5.69 Å². The van der Waals surface area contributed by atoms with Gasteiger partial charge in [0, 0.05) is 38.6 Å². The monoisotopic (exact) mass is 472 g/mol. The van der Waals surface area contributed by atoms with Gasteiger partial charge in [0.2, 0.25) is 17.6 Å². The minimum absolute atomic E-state index is 0.0898. The Bertz CT molecular complexity index is 1260. The summed E-state index contributed by atoms with van der Waals surface area (Å²) in [6.45, 7) is 2.50. The molecule has 0 spiro atoms. The van der Waals surface area contributed by atoms with E-state index in [0.717, 1.165) is 5.56 Å². The molecule has 1 aromatic carbocycles. The average molecular weight is 473 g/mol. The maximum absolute atomic E-state index is 12.8. The highest BCUT2D eigenvalue weighted by atomic mass is 35.5. The molecule has 1 saturated heterocycles. The summed E-state index contributed by atoms with van der Waals surface area (Å²) in [6, 6.07) is 6.76.